The second kappa shape index (κ2) is 12.8. The molecule has 0 aromatic carbocycles. The lowest BCUT2D eigenvalue weighted by atomic mass is 10.4. The lowest BCUT2D eigenvalue weighted by molar-refractivity contribution is 0.193. The van der Waals surface area contributed by atoms with E-state index in [1.807, 2.05) is 0 Å². The molecule has 1 unspecified atom stereocenters. The van der Waals surface area contributed by atoms with Crippen molar-refractivity contribution in [3.05, 3.63) is 0 Å². The third-order valence-electron chi connectivity index (χ3n) is 0.817. The van der Waals surface area contributed by atoms with E-state index in [1.165, 1.54) is 12.8 Å². The maximum Gasteiger partial charge on any atom is 0.316 e. The number of hydrogen-bond donors (Lipinski definition) is 2. The Morgan fingerprint density at radius 2 is 1.82 bits per heavy atom. The summed E-state index contributed by atoms with van der Waals surface area (Å²) in [5.41, 5.74) is 0. The van der Waals surface area contributed by atoms with Gasteiger partial charge in [-0.05, 0) is 0 Å². The van der Waals surface area contributed by atoms with Gasteiger partial charge < -0.3 is 14.5 Å². The fourth-order valence-corrected chi connectivity index (χ4v) is 0.399. The Labute approximate surface area is 68.1 Å². The van der Waals surface area contributed by atoms with Gasteiger partial charge in [-0.15, -0.1) is 0 Å². The second-order valence-electron chi connectivity index (χ2n) is 1.84. The molecule has 0 fully saturated rings. The quantitative estimate of drug-likeness (QED) is 0.644. The molecular weight excluding hydrogens is 167 g/mol. The van der Waals surface area contributed by atoms with Crippen LogP contribution in [0.5, 0.6) is 0 Å². The third-order valence-corrected chi connectivity index (χ3v) is 1.27. The topological polar surface area (TPSA) is 66.8 Å². The van der Waals surface area contributed by atoms with Crippen molar-refractivity contribution in [2.75, 3.05) is 13.2 Å². The number of aliphatic hydroxyl groups excluding tert-OH is 1. The van der Waals surface area contributed by atoms with E-state index >= 15 is 0 Å². The van der Waals surface area contributed by atoms with E-state index in [-0.39, 0.29) is 13.2 Å². The van der Waals surface area contributed by atoms with Gasteiger partial charge in [-0.25, -0.2) is 0 Å². The van der Waals surface area contributed by atoms with E-state index in [0.717, 1.165) is 0 Å². The monoisotopic (exact) mass is 184 g/mol. The molecule has 1 atom stereocenters. The van der Waals surface area contributed by atoms with Gasteiger partial charge in [0.25, 0.3) is 0 Å². The van der Waals surface area contributed by atoms with Gasteiger partial charge >= 0.3 is 8.25 Å². The van der Waals surface area contributed by atoms with Gasteiger partial charge in [0, 0.05) is 0 Å². The van der Waals surface area contributed by atoms with Crippen LogP contribution < -0.4 is 0 Å². The molecule has 0 spiro atoms. The van der Waals surface area contributed by atoms with Crippen molar-refractivity contribution in [3.8, 4) is 0 Å². The minimum Gasteiger partial charge on any atom is -0.394 e. The van der Waals surface area contributed by atoms with Gasteiger partial charge in [-0.2, -0.15) is 0 Å². The number of hydrogen-bond acceptors (Lipinski definition) is 3. The Morgan fingerprint density at radius 3 is 1.91 bits per heavy atom. The highest BCUT2D eigenvalue weighted by atomic mass is 31.1. The summed E-state index contributed by atoms with van der Waals surface area (Å²) < 4.78 is 13.7. The van der Waals surface area contributed by atoms with E-state index in [2.05, 4.69) is 18.4 Å². The second-order valence-corrected chi connectivity index (χ2v) is 2.66. The highest BCUT2D eigenvalue weighted by Gasteiger charge is 1.86. The molecule has 0 saturated carbocycles. The van der Waals surface area contributed by atoms with Crippen molar-refractivity contribution in [2.24, 2.45) is 0 Å². The van der Waals surface area contributed by atoms with Crippen LogP contribution in [0.1, 0.15) is 26.7 Å². The smallest absolute Gasteiger partial charge is 0.316 e. The van der Waals surface area contributed by atoms with Crippen LogP contribution in [-0.4, -0.2) is 23.2 Å². The molecule has 0 aromatic heterocycles. The maximum atomic E-state index is 9.61. The summed E-state index contributed by atoms with van der Waals surface area (Å²) in [6.07, 6.45) is 2.64. The molecule has 0 amide bonds. The molecule has 70 valence electrons. The van der Waals surface area contributed by atoms with Crippen molar-refractivity contribution < 1.29 is 19.1 Å². The molecule has 0 heterocycles. The molecule has 0 saturated heterocycles. The van der Waals surface area contributed by atoms with Crippen LogP contribution in [0.25, 0.3) is 0 Å². The van der Waals surface area contributed by atoms with Crippen molar-refractivity contribution >= 4 is 8.25 Å². The van der Waals surface area contributed by atoms with Crippen molar-refractivity contribution in [1.82, 2.24) is 0 Å². The first kappa shape index (κ1) is 13.7. The van der Waals surface area contributed by atoms with Gasteiger partial charge in [0.2, 0.25) is 0 Å². The van der Waals surface area contributed by atoms with Crippen LogP contribution in [-0.2, 0) is 9.09 Å². The van der Waals surface area contributed by atoms with Gasteiger partial charge in [-0.1, -0.05) is 26.7 Å². The molecule has 2 N–H and O–H groups in total. The Bertz CT molecular complexity index is 84.7. The largest absolute Gasteiger partial charge is 0.394 e. The zero-order valence-electron chi connectivity index (χ0n) is 7.04. The van der Waals surface area contributed by atoms with Crippen molar-refractivity contribution in [1.29, 1.82) is 0 Å². The molecule has 0 rings (SSSR count). The van der Waals surface area contributed by atoms with Gasteiger partial charge in [0.15, 0.2) is 0 Å². The first-order valence-electron chi connectivity index (χ1n) is 3.65. The molecule has 0 radical (unpaired) electrons. The predicted octanol–water partition coefficient (Wildman–Crippen LogP) is 1.18. The Kier molecular flexibility index (Phi) is 15.9. The van der Waals surface area contributed by atoms with Crippen LogP contribution in [0.2, 0.25) is 0 Å². The minimum absolute atomic E-state index is 0.0612. The van der Waals surface area contributed by atoms with Crippen LogP contribution in [0.4, 0.5) is 0 Å². The average Bonchev–Trinajstić information content (AvgIpc) is 2.01. The highest BCUT2D eigenvalue weighted by molar-refractivity contribution is 7.32. The van der Waals surface area contributed by atoms with E-state index in [9.17, 15) is 4.57 Å². The zero-order chi connectivity index (χ0) is 9.11. The van der Waals surface area contributed by atoms with Gasteiger partial charge in [0.05, 0.1) is 13.2 Å². The summed E-state index contributed by atoms with van der Waals surface area (Å²) in [5.74, 6) is 0. The maximum absolute atomic E-state index is 9.61. The predicted molar refractivity (Wildman–Crippen MR) is 44.8 cm³/mol. The van der Waals surface area contributed by atoms with Gasteiger partial charge in [-0.3, -0.25) is 4.57 Å². The Morgan fingerprint density at radius 1 is 1.36 bits per heavy atom. The fraction of sp³-hybridized carbons (Fsp3) is 1.00. The molecule has 4 nitrogen and oxygen atoms in total. The molecule has 0 aliphatic rings. The Balaban J connectivity index is 0. The third kappa shape index (κ3) is 25.5. The summed E-state index contributed by atoms with van der Waals surface area (Å²) in [7, 11) is -2.81. The number of aliphatic hydroxyl groups is 1. The standard InChI is InChI=1S/C4H10.C2H7O4P/c1-3-4-2;3-1-2-6-7(4)5/h3-4H2,1-2H3;3,7H,1-2H2,(H,4,5). The van der Waals surface area contributed by atoms with Crippen LogP contribution >= 0.6 is 8.25 Å². The molecule has 0 aliphatic carbocycles. The minimum atomic E-state index is -2.81. The van der Waals surface area contributed by atoms with E-state index in [0.29, 0.717) is 0 Å². The summed E-state index contributed by atoms with van der Waals surface area (Å²) >= 11 is 0. The SMILES string of the molecule is CCCC.O=[PH](O)OCCO. The molecule has 11 heavy (non-hydrogen) atoms. The summed E-state index contributed by atoms with van der Waals surface area (Å²) in [5, 5.41) is 7.96. The highest BCUT2D eigenvalue weighted by Crippen LogP contribution is 2.12. The van der Waals surface area contributed by atoms with E-state index < -0.39 is 8.25 Å². The normalized spacial score (nSPS) is 11.6. The summed E-state index contributed by atoms with van der Waals surface area (Å²) in [6, 6.07) is 0. The fourth-order valence-electron chi connectivity index (χ4n) is 0.133. The van der Waals surface area contributed by atoms with Crippen LogP contribution in [0.3, 0.4) is 0 Å². The van der Waals surface area contributed by atoms with Crippen molar-refractivity contribution in [2.45, 2.75) is 26.7 Å². The average molecular weight is 184 g/mol. The van der Waals surface area contributed by atoms with Crippen molar-refractivity contribution in [3.63, 3.8) is 0 Å². The van der Waals surface area contributed by atoms with Crippen LogP contribution in [0.15, 0.2) is 0 Å². The molecule has 5 heteroatoms. The number of rotatable bonds is 4. The zero-order valence-corrected chi connectivity index (χ0v) is 8.04. The lowest BCUT2D eigenvalue weighted by Gasteiger charge is -1.90. The molecule has 0 bridgehead atoms. The molecule has 0 aliphatic heterocycles. The molecule has 0 aromatic rings. The summed E-state index contributed by atoms with van der Waals surface area (Å²) in [6.45, 7) is 4.09. The van der Waals surface area contributed by atoms with Crippen LogP contribution in [0, 0.1) is 0 Å². The van der Waals surface area contributed by atoms with Gasteiger partial charge in [0.1, 0.15) is 0 Å². The van der Waals surface area contributed by atoms with E-state index in [4.69, 9.17) is 10.00 Å². The number of unbranched alkanes of at least 4 members (excludes halogenated alkanes) is 1. The first-order chi connectivity index (χ1) is 5.18. The Hall–Kier alpha value is 0.110. The first-order valence-corrected chi connectivity index (χ1v) is 4.91. The molecular formula is C6H17O4P. The van der Waals surface area contributed by atoms with E-state index in [1.54, 1.807) is 0 Å². The lowest BCUT2D eigenvalue weighted by Crippen LogP contribution is -1.90. The summed E-state index contributed by atoms with van der Waals surface area (Å²) in [4.78, 5) is 7.90.